The number of nitrogens with one attached hydrogen (secondary N) is 2. The molecule has 2 aromatic heterocycles. The van der Waals surface area contributed by atoms with Crippen molar-refractivity contribution in [1.82, 2.24) is 19.5 Å². The number of nitrogens with zero attached hydrogens (tertiary/aromatic N) is 2. The number of rotatable bonds is 3. The molecule has 0 bridgehead atoms. The van der Waals surface area contributed by atoms with Gasteiger partial charge in [0.1, 0.15) is 5.69 Å². The second-order valence-corrected chi connectivity index (χ2v) is 4.43. The van der Waals surface area contributed by atoms with Gasteiger partial charge in [0.05, 0.1) is 6.33 Å². The highest BCUT2D eigenvalue weighted by atomic mass is 35.5. The molecule has 0 unspecified atom stereocenters. The van der Waals surface area contributed by atoms with E-state index in [1.807, 2.05) is 22.9 Å². The lowest BCUT2D eigenvalue weighted by Crippen LogP contribution is -2.06. The van der Waals surface area contributed by atoms with Gasteiger partial charge in [-0.05, 0) is 31.2 Å². The summed E-state index contributed by atoms with van der Waals surface area (Å²) in [4.78, 5) is 32.5. The van der Waals surface area contributed by atoms with Gasteiger partial charge < -0.3 is 14.5 Å². The third kappa shape index (κ3) is 2.80. The van der Waals surface area contributed by atoms with Gasteiger partial charge in [-0.2, -0.15) is 0 Å². The van der Waals surface area contributed by atoms with E-state index in [0.29, 0.717) is 17.0 Å². The van der Waals surface area contributed by atoms with Crippen molar-refractivity contribution in [1.29, 1.82) is 0 Å². The molecule has 7 heteroatoms. The van der Waals surface area contributed by atoms with E-state index in [-0.39, 0.29) is 23.9 Å². The largest absolute Gasteiger partial charge is 0.323 e. The summed E-state index contributed by atoms with van der Waals surface area (Å²) in [5.74, 6) is -0.210. The number of H-pyrrole nitrogens is 2. The Morgan fingerprint density at radius 1 is 1.19 bits per heavy atom. The lowest BCUT2D eigenvalue weighted by Gasteiger charge is -2.04. The smallest absolute Gasteiger partial charge is 0.310 e. The normalized spacial score (nSPS) is 10.1. The third-order valence-corrected chi connectivity index (χ3v) is 3.07. The Morgan fingerprint density at radius 3 is 2.43 bits per heavy atom. The van der Waals surface area contributed by atoms with Crippen molar-refractivity contribution in [2.75, 3.05) is 0 Å². The van der Waals surface area contributed by atoms with E-state index in [9.17, 15) is 9.59 Å². The number of benzene rings is 1. The molecule has 0 saturated carbocycles. The minimum atomic E-state index is -0.374. The van der Waals surface area contributed by atoms with Gasteiger partial charge in [0, 0.05) is 29.3 Å². The molecule has 0 amide bonds. The van der Waals surface area contributed by atoms with Gasteiger partial charge in [-0.15, -0.1) is 12.4 Å². The predicted molar refractivity (Wildman–Crippen MR) is 80.4 cm³/mol. The van der Waals surface area contributed by atoms with Gasteiger partial charge in [0.2, 0.25) is 5.78 Å². The average Bonchev–Trinajstić information content (AvgIpc) is 3.08. The van der Waals surface area contributed by atoms with E-state index in [1.165, 1.54) is 0 Å². The number of imidazole rings is 2. The molecule has 0 spiro atoms. The molecular formula is C14H13ClN4O2. The Bertz CT molecular complexity index is 800. The van der Waals surface area contributed by atoms with Crippen molar-refractivity contribution in [2.45, 2.75) is 6.92 Å². The average molecular weight is 305 g/mol. The number of aromatic nitrogens is 4. The van der Waals surface area contributed by atoms with Crippen LogP contribution >= 0.6 is 12.4 Å². The molecule has 0 aliphatic carbocycles. The molecule has 0 saturated heterocycles. The summed E-state index contributed by atoms with van der Waals surface area (Å²) in [6, 6.07) is 7.11. The van der Waals surface area contributed by atoms with Gasteiger partial charge in [0.25, 0.3) is 0 Å². The summed E-state index contributed by atoms with van der Waals surface area (Å²) in [5.41, 5.74) is 1.90. The maximum atomic E-state index is 12.3. The predicted octanol–water partition coefficient (Wildman–Crippen LogP) is 1.85. The lowest BCUT2D eigenvalue weighted by atomic mass is 10.1. The molecule has 0 aliphatic heterocycles. The molecule has 2 heterocycles. The van der Waals surface area contributed by atoms with Crippen molar-refractivity contribution >= 4 is 18.2 Å². The summed E-state index contributed by atoms with van der Waals surface area (Å²) in [5, 5.41) is 0. The lowest BCUT2D eigenvalue weighted by molar-refractivity contribution is 0.103. The first-order valence-corrected chi connectivity index (χ1v) is 6.07. The standard InChI is InChI=1S/C14H12N4O2.ClH/c1-9-12(17-14(20)16-9)13(19)10-2-4-11(5-3-10)18-7-6-15-8-18;/h2-8H,1H3,(H2,16,17,20);1H. The molecule has 6 nitrogen and oxygen atoms in total. The molecule has 3 aromatic rings. The summed E-state index contributed by atoms with van der Waals surface area (Å²) >= 11 is 0. The van der Waals surface area contributed by atoms with Crippen LogP contribution in [0.2, 0.25) is 0 Å². The van der Waals surface area contributed by atoms with Crippen molar-refractivity contribution in [3.05, 3.63) is 70.4 Å². The molecular weight excluding hydrogens is 292 g/mol. The Balaban J connectivity index is 0.00000161. The summed E-state index contributed by atoms with van der Waals surface area (Å²) in [6.45, 7) is 1.69. The molecule has 0 aliphatic rings. The first-order valence-electron chi connectivity index (χ1n) is 6.07. The van der Waals surface area contributed by atoms with E-state index in [1.54, 1.807) is 31.6 Å². The highest BCUT2D eigenvalue weighted by Gasteiger charge is 2.14. The molecule has 1 aromatic carbocycles. The minimum absolute atomic E-state index is 0. The molecule has 0 atom stereocenters. The van der Waals surface area contributed by atoms with Crippen LogP contribution in [-0.2, 0) is 0 Å². The van der Waals surface area contributed by atoms with Gasteiger partial charge in [-0.3, -0.25) is 4.79 Å². The van der Waals surface area contributed by atoms with Crippen LogP contribution in [0.1, 0.15) is 21.7 Å². The number of hydrogen-bond acceptors (Lipinski definition) is 3. The van der Waals surface area contributed by atoms with Crippen LogP contribution in [0.15, 0.2) is 47.8 Å². The van der Waals surface area contributed by atoms with Crippen LogP contribution in [0.4, 0.5) is 0 Å². The monoisotopic (exact) mass is 304 g/mol. The van der Waals surface area contributed by atoms with Crippen molar-refractivity contribution in [3.8, 4) is 5.69 Å². The molecule has 3 rings (SSSR count). The zero-order valence-corrected chi connectivity index (χ0v) is 12.0. The maximum Gasteiger partial charge on any atom is 0.323 e. The van der Waals surface area contributed by atoms with E-state index in [2.05, 4.69) is 15.0 Å². The summed E-state index contributed by atoms with van der Waals surface area (Å²) < 4.78 is 1.84. The molecule has 0 radical (unpaired) electrons. The number of aromatic amines is 2. The Hall–Kier alpha value is -2.60. The first-order chi connectivity index (χ1) is 9.65. The number of aryl methyl sites for hydroxylation is 1. The van der Waals surface area contributed by atoms with Crippen molar-refractivity contribution in [2.24, 2.45) is 0 Å². The zero-order valence-electron chi connectivity index (χ0n) is 11.2. The van der Waals surface area contributed by atoms with Crippen molar-refractivity contribution < 1.29 is 4.79 Å². The SMILES string of the molecule is Cc1[nH]c(=O)[nH]c1C(=O)c1ccc(-n2ccnc2)cc1.Cl. The minimum Gasteiger partial charge on any atom is -0.310 e. The number of hydrogen-bond donors (Lipinski definition) is 2. The van der Waals surface area contributed by atoms with Crippen LogP contribution < -0.4 is 5.69 Å². The second-order valence-electron chi connectivity index (χ2n) is 4.43. The van der Waals surface area contributed by atoms with Crippen LogP contribution in [0.3, 0.4) is 0 Å². The Kier molecular flexibility index (Phi) is 4.09. The van der Waals surface area contributed by atoms with Crippen LogP contribution in [0.5, 0.6) is 0 Å². The Morgan fingerprint density at radius 2 is 1.90 bits per heavy atom. The van der Waals surface area contributed by atoms with Crippen molar-refractivity contribution in [3.63, 3.8) is 0 Å². The van der Waals surface area contributed by atoms with Gasteiger partial charge in [0.15, 0.2) is 0 Å². The van der Waals surface area contributed by atoms with E-state index in [0.717, 1.165) is 5.69 Å². The van der Waals surface area contributed by atoms with Gasteiger partial charge in [-0.25, -0.2) is 9.78 Å². The quantitative estimate of drug-likeness (QED) is 0.724. The van der Waals surface area contributed by atoms with E-state index < -0.39 is 0 Å². The second kappa shape index (κ2) is 5.80. The highest BCUT2D eigenvalue weighted by molar-refractivity contribution is 6.08. The van der Waals surface area contributed by atoms with E-state index >= 15 is 0 Å². The fraction of sp³-hybridized carbons (Fsp3) is 0.0714. The first kappa shape index (κ1) is 14.8. The van der Waals surface area contributed by atoms with Crippen LogP contribution in [-0.4, -0.2) is 25.3 Å². The number of carbonyl (C=O) groups excluding carboxylic acids is 1. The highest BCUT2D eigenvalue weighted by Crippen LogP contribution is 2.13. The van der Waals surface area contributed by atoms with E-state index in [4.69, 9.17) is 0 Å². The molecule has 0 fully saturated rings. The number of carbonyl (C=O) groups is 1. The maximum absolute atomic E-state index is 12.3. The molecule has 2 N–H and O–H groups in total. The molecule has 108 valence electrons. The fourth-order valence-electron chi connectivity index (χ4n) is 2.04. The topological polar surface area (TPSA) is 83.5 Å². The summed E-state index contributed by atoms with van der Waals surface area (Å²) in [6.07, 6.45) is 5.20. The Labute approximate surface area is 126 Å². The number of ketones is 1. The van der Waals surface area contributed by atoms with Gasteiger partial charge in [-0.1, -0.05) is 0 Å². The van der Waals surface area contributed by atoms with Gasteiger partial charge >= 0.3 is 5.69 Å². The summed E-state index contributed by atoms with van der Waals surface area (Å²) in [7, 11) is 0. The fourth-order valence-corrected chi connectivity index (χ4v) is 2.04. The third-order valence-electron chi connectivity index (χ3n) is 3.07. The zero-order chi connectivity index (χ0) is 14.1. The van der Waals surface area contributed by atoms with Crippen LogP contribution in [0.25, 0.3) is 5.69 Å². The molecule has 21 heavy (non-hydrogen) atoms. The van der Waals surface area contributed by atoms with Crippen LogP contribution in [0, 0.1) is 6.92 Å². The number of halogens is 1.